The summed E-state index contributed by atoms with van der Waals surface area (Å²) in [7, 11) is 0. The van der Waals surface area contributed by atoms with E-state index in [1.54, 1.807) is 6.08 Å². The van der Waals surface area contributed by atoms with Gasteiger partial charge >= 0.3 is 5.97 Å². The van der Waals surface area contributed by atoms with Crippen LogP contribution in [0.3, 0.4) is 0 Å². The van der Waals surface area contributed by atoms with E-state index < -0.39 is 18.2 Å². The molecule has 3 N–H and O–H groups in total. The van der Waals surface area contributed by atoms with Gasteiger partial charge in [0.15, 0.2) is 0 Å². The molecule has 0 aromatic carbocycles. The molecule has 0 saturated heterocycles. The number of aliphatic hydroxyl groups is 2. The van der Waals surface area contributed by atoms with Crippen LogP contribution in [0.2, 0.25) is 0 Å². The summed E-state index contributed by atoms with van der Waals surface area (Å²) in [5, 5.41) is 29.3. The van der Waals surface area contributed by atoms with Crippen LogP contribution in [0, 0.1) is 17.8 Å². The van der Waals surface area contributed by atoms with Crippen molar-refractivity contribution in [2.75, 3.05) is 0 Å². The number of carbonyl (C=O) groups is 1. The maximum Gasteiger partial charge on any atom is 0.303 e. The number of unbranched alkanes of at least 4 members (excludes halogenated alkanes) is 1. The predicted molar refractivity (Wildman–Crippen MR) is 103 cm³/mol. The normalized spacial score (nSPS) is 20.9. The first kappa shape index (κ1) is 21.3. The first-order valence-corrected chi connectivity index (χ1v) is 9.69. The highest BCUT2D eigenvalue weighted by atomic mass is 16.4. The number of carboxylic acid groups (broad SMARTS) is 1. The molecule has 1 aromatic heterocycles. The number of furan rings is 1. The summed E-state index contributed by atoms with van der Waals surface area (Å²) in [5.41, 5.74) is 0.976. The van der Waals surface area contributed by atoms with E-state index in [-0.39, 0.29) is 18.3 Å². The van der Waals surface area contributed by atoms with Crippen LogP contribution in [0.25, 0.3) is 0 Å². The minimum atomic E-state index is -0.778. The van der Waals surface area contributed by atoms with Gasteiger partial charge in [0.2, 0.25) is 0 Å². The van der Waals surface area contributed by atoms with Crippen LogP contribution in [-0.2, 0) is 17.6 Å². The summed E-state index contributed by atoms with van der Waals surface area (Å²) in [6.45, 7) is 3.81. The lowest BCUT2D eigenvalue weighted by molar-refractivity contribution is -0.137. The van der Waals surface area contributed by atoms with E-state index in [2.05, 4.69) is 11.8 Å². The van der Waals surface area contributed by atoms with Crippen molar-refractivity contribution < 1.29 is 24.5 Å². The number of aliphatic carboxylic acids is 1. The molecule has 5 nitrogen and oxygen atoms in total. The first-order valence-electron chi connectivity index (χ1n) is 9.69. The molecule has 0 unspecified atom stereocenters. The molecule has 148 valence electrons. The van der Waals surface area contributed by atoms with Gasteiger partial charge in [0.05, 0.1) is 12.2 Å². The van der Waals surface area contributed by atoms with Crippen LogP contribution in [0.4, 0.5) is 0 Å². The fraction of sp³-hybridized carbons (Fsp3) is 0.591. The van der Waals surface area contributed by atoms with Crippen LogP contribution in [0.1, 0.15) is 69.0 Å². The number of hydrogen-bond donors (Lipinski definition) is 3. The summed E-state index contributed by atoms with van der Waals surface area (Å²) in [4.78, 5) is 10.6. The fourth-order valence-electron chi connectivity index (χ4n) is 3.42. The smallest absolute Gasteiger partial charge is 0.303 e. The molecule has 1 heterocycles. The van der Waals surface area contributed by atoms with E-state index in [1.807, 2.05) is 26.0 Å². The zero-order chi connectivity index (χ0) is 19.8. The van der Waals surface area contributed by atoms with Gasteiger partial charge < -0.3 is 19.7 Å². The molecule has 0 spiro atoms. The molecule has 1 aliphatic carbocycles. The van der Waals surface area contributed by atoms with Gasteiger partial charge in [0, 0.05) is 37.2 Å². The zero-order valence-electron chi connectivity index (χ0n) is 16.1. The molecule has 0 amide bonds. The molecule has 2 rings (SSSR count). The second kappa shape index (κ2) is 10.3. The van der Waals surface area contributed by atoms with Gasteiger partial charge in [-0.25, -0.2) is 0 Å². The maximum atomic E-state index is 10.6. The molecular formula is C22H30O5. The van der Waals surface area contributed by atoms with Gasteiger partial charge in [-0.05, 0) is 38.2 Å². The molecule has 1 aliphatic rings. The Balaban J connectivity index is 1.93. The van der Waals surface area contributed by atoms with Gasteiger partial charge in [0.1, 0.15) is 11.5 Å². The topological polar surface area (TPSA) is 90.9 Å². The summed E-state index contributed by atoms with van der Waals surface area (Å²) >= 11 is 0. The lowest BCUT2D eigenvalue weighted by atomic mass is 9.95. The van der Waals surface area contributed by atoms with Gasteiger partial charge in [0.25, 0.3) is 0 Å². The first-order chi connectivity index (χ1) is 12.9. The zero-order valence-corrected chi connectivity index (χ0v) is 16.1. The molecular weight excluding hydrogens is 344 g/mol. The third-order valence-electron chi connectivity index (χ3n) is 5.12. The van der Waals surface area contributed by atoms with Crippen LogP contribution in [0.5, 0.6) is 0 Å². The van der Waals surface area contributed by atoms with E-state index >= 15 is 0 Å². The van der Waals surface area contributed by atoms with Crippen molar-refractivity contribution >= 4 is 5.97 Å². The molecule has 0 saturated carbocycles. The SMILES string of the molecule is CC#CCC[C@H](C)[C@H](O)C=C[C@@H]1c2cc(CCCCC(=O)O)oc2C[C@H]1O. The second-order valence-electron chi connectivity index (χ2n) is 7.31. The summed E-state index contributed by atoms with van der Waals surface area (Å²) in [6.07, 6.45) is 6.87. The number of fused-ring (bicyclic) bond motifs is 1. The molecule has 4 atom stereocenters. The van der Waals surface area contributed by atoms with E-state index in [4.69, 9.17) is 9.52 Å². The van der Waals surface area contributed by atoms with Crippen LogP contribution >= 0.6 is 0 Å². The van der Waals surface area contributed by atoms with Crippen molar-refractivity contribution in [3.8, 4) is 11.8 Å². The van der Waals surface area contributed by atoms with E-state index in [1.165, 1.54) is 0 Å². The third kappa shape index (κ3) is 6.27. The van der Waals surface area contributed by atoms with Crippen LogP contribution < -0.4 is 0 Å². The number of aliphatic hydroxyl groups excluding tert-OH is 2. The van der Waals surface area contributed by atoms with E-state index in [9.17, 15) is 15.0 Å². The average Bonchev–Trinajstić information content (AvgIpc) is 3.13. The van der Waals surface area contributed by atoms with E-state index in [0.717, 1.165) is 36.3 Å². The molecule has 27 heavy (non-hydrogen) atoms. The lowest BCUT2D eigenvalue weighted by Gasteiger charge is -2.16. The van der Waals surface area contributed by atoms with Crippen molar-refractivity contribution in [1.82, 2.24) is 0 Å². The van der Waals surface area contributed by atoms with Crippen LogP contribution in [-0.4, -0.2) is 33.5 Å². The lowest BCUT2D eigenvalue weighted by Crippen LogP contribution is -2.16. The number of hydrogen-bond acceptors (Lipinski definition) is 4. The Bertz CT molecular complexity index is 706. The van der Waals surface area contributed by atoms with Crippen molar-refractivity contribution in [3.05, 3.63) is 35.3 Å². The highest BCUT2D eigenvalue weighted by Crippen LogP contribution is 2.37. The number of carboxylic acids is 1. The van der Waals surface area contributed by atoms with Crippen molar-refractivity contribution in [1.29, 1.82) is 0 Å². The Morgan fingerprint density at radius 2 is 2.22 bits per heavy atom. The molecule has 5 heteroatoms. The third-order valence-corrected chi connectivity index (χ3v) is 5.12. The molecule has 1 aromatic rings. The van der Waals surface area contributed by atoms with Gasteiger partial charge in [-0.1, -0.05) is 19.1 Å². The summed E-state index contributed by atoms with van der Waals surface area (Å²) < 4.78 is 5.83. The highest BCUT2D eigenvalue weighted by Gasteiger charge is 2.33. The summed E-state index contributed by atoms with van der Waals surface area (Å²) in [6, 6.07) is 1.97. The van der Waals surface area contributed by atoms with E-state index in [0.29, 0.717) is 19.3 Å². The molecule has 0 fully saturated rings. The maximum absolute atomic E-state index is 10.6. The van der Waals surface area contributed by atoms with Gasteiger partial charge in [-0.2, -0.15) is 0 Å². The molecule has 0 bridgehead atoms. The highest BCUT2D eigenvalue weighted by molar-refractivity contribution is 5.66. The minimum Gasteiger partial charge on any atom is -0.481 e. The monoisotopic (exact) mass is 374 g/mol. The predicted octanol–water partition coefficient (Wildman–Crippen LogP) is 3.43. The largest absolute Gasteiger partial charge is 0.481 e. The Hall–Kier alpha value is -2.03. The Morgan fingerprint density at radius 1 is 1.44 bits per heavy atom. The van der Waals surface area contributed by atoms with Gasteiger partial charge in [-0.15, -0.1) is 11.8 Å². The minimum absolute atomic E-state index is 0.106. The standard InChI is InChI=1S/C22H30O5/c1-3-4-5-8-15(2)19(23)12-11-17-18-13-16(9-6-7-10-22(25)26)27-21(18)14-20(17)24/h11-13,15,17,19-20,23-24H,5-10,14H2,1-2H3,(H,25,26)/t15-,17+,19+,20+/m0/s1. The van der Waals surface area contributed by atoms with Crippen molar-refractivity contribution in [2.24, 2.45) is 5.92 Å². The summed E-state index contributed by atoms with van der Waals surface area (Å²) in [5.74, 6) is 6.66. The fourth-order valence-corrected chi connectivity index (χ4v) is 3.42. The van der Waals surface area contributed by atoms with Crippen molar-refractivity contribution in [3.63, 3.8) is 0 Å². The number of aryl methyl sites for hydroxylation is 1. The Labute approximate surface area is 161 Å². The Morgan fingerprint density at radius 3 is 2.93 bits per heavy atom. The van der Waals surface area contributed by atoms with Crippen molar-refractivity contribution in [2.45, 2.75) is 76.9 Å². The van der Waals surface area contributed by atoms with Gasteiger partial charge in [-0.3, -0.25) is 4.79 Å². The van der Waals surface area contributed by atoms with Crippen LogP contribution in [0.15, 0.2) is 22.6 Å². The quantitative estimate of drug-likeness (QED) is 0.332. The second-order valence-corrected chi connectivity index (χ2v) is 7.31. The number of rotatable bonds is 10. The average molecular weight is 374 g/mol. The molecule has 0 aliphatic heterocycles. The Kier molecular flexibility index (Phi) is 8.15. The molecule has 0 radical (unpaired) electrons.